The van der Waals surface area contributed by atoms with Crippen LogP contribution in [0.4, 0.5) is 52.7 Å². The summed E-state index contributed by atoms with van der Waals surface area (Å²) in [6.45, 7) is 10.6. The van der Waals surface area contributed by atoms with Crippen LogP contribution in [0.5, 0.6) is 0 Å². The van der Waals surface area contributed by atoms with E-state index in [2.05, 4.69) is 76.6 Å². The fourth-order valence-electron chi connectivity index (χ4n) is 10.9. The molecule has 136 heavy (non-hydrogen) atoms. The average molecular weight is 2200 g/mol. The van der Waals surface area contributed by atoms with Gasteiger partial charge in [-0.2, -0.15) is 37.5 Å². The molecule has 0 amide bonds. The van der Waals surface area contributed by atoms with Crippen LogP contribution in [0.2, 0.25) is 0 Å². The summed E-state index contributed by atoms with van der Waals surface area (Å²) in [7, 11) is 0.750. The molecule has 0 aliphatic carbocycles. The minimum absolute atomic E-state index is 0. The fourth-order valence-corrected chi connectivity index (χ4v) is 11.2. The van der Waals surface area contributed by atoms with E-state index in [-0.39, 0.29) is 246 Å². The Kier molecular flexibility index (Phi) is 51.0. The van der Waals surface area contributed by atoms with Gasteiger partial charge in [0.05, 0.1) is 60.8 Å². The number of aromatic amines is 1. The van der Waals surface area contributed by atoms with E-state index in [1.54, 1.807) is 81.7 Å². The number of amidine groups is 1. The average Bonchev–Trinajstić information content (AvgIpc) is 1.22. The fraction of sp³-hybridized carbons (Fsp3) is 0.133. The van der Waals surface area contributed by atoms with Gasteiger partial charge in [-0.25, -0.2) is 81.8 Å². The zero-order chi connectivity index (χ0) is 97.7. The molecule has 46 heteroatoms. The standard InChI is InChI=1S/C22H15F3N4O.C20H13F3N4O2.C18H13F3N4O.C10H9BrN2O.C10H5F3N2O.C6H10O2.C2H4O2.CH2O3.CH3O.2Cs.Na.H/c1-13-10-26-22(27-11-13)15-4-2-3-14(7-15)12-29-20(30)6-5-19(28-29)16-8-17(23)21(25)18(24)9-16;1-11-24-20(26-29-11)13-4-2-3-12(7-13)10-27-18(28)6-5-17(25-27)14-8-15(21)19(23)16(22)9-14;19-13-7-12(8-14(20)17(13)21)15-4-5-16(26)25(24-15)9-10-2-1-3-11(6-10)18(22)23;1-7-12-10(13-14-7)9-4-2-3-8(5-9)6-11;11-6-3-5(4-7(12)10(6)13)8-1-2-9(16)15-14-8;1-3-8-5-6(2)4-7;1-2(3)4;2-1-4-3;1-2;;;;/h2-11H,12H2,1H3;2-9H,10H2,1H3;1-8H,9H2,(H3,22,23);2-5H,6H2,1H3;1-4H,(H,15,16);4-5H,3H2,1-2H3;1H3,(H,3,4);1,3H;1H3;;;;/q;;;;;;;;-1;3*+1;-1/p-1/b;;;;;6-5-;;;;;;;. The second kappa shape index (κ2) is 59.2. The number of aliphatic carboxylic acids is 1. The second-order valence-electron chi connectivity index (χ2n) is 26.8. The molecule has 15 rings (SSSR count). The Morgan fingerprint density at radius 1 is 0.493 bits per heavy atom. The second-order valence-corrected chi connectivity index (χ2v) is 27.4. The third-order valence-electron chi connectivity index (χ3n) is 16.9. The first-order valence-corrected chi connectivity index (χ1v) is 39.3. The number of carbonyl (C=O) groups is 3. The van der Waals surface area contributed by atoms with Crippen molar-refractivity contribution in [3.8, 4) is 79.2 Å². The van der Waals surface area contributed by atoms with Crippen molar-refractivity contribution in [1.29, 1.82) is 0 Å². The first-order chi connectivity index (χ1) is 63.5. The Labute approximate surface area is 913 Å². The molecule has 0 saturated carbocycles. The Bertz CT molecular complexity index is 6760. The number of hydrogen-bond donors (Lipinski definition) is 3. The zero-order valence-corrected chi connectivity index (χ0v) is 89.6. The zero-order valence-electron chi connectivity index (χ0n) is 74.5. The molecule has 15 aromatic rings. The number of ether oxygens (including phenoxy) is 1. The van der Waals surface area contributed by atoms with Crippen LogP contribution < -0.4 is 216 Å². The molecule has 0 unspecified atom stereocenters. The summed E-state index contributed by atoms with van der Waals surface area (Å²) in [6.07, 6.45) is 5.64. The number of allylic oxidation sites excluding steroid dienone is 1. The molecule has 8 aromatic carbocycles. The maximum atomic E-state index is 13.6. The van der Waals surface area contributed by atoms with Crippen molar-refractivity contribution in [2.24, 2.45) is 5.73 Å². The number of benzene rings is 8. The summed E-state index contributed by atoms with van der Waals surface area (Å²) >= 11 is 3.41. The Morgan fingerprint density at radius 2 is 0.809 bits per heavy atom. The van der Waals surface area contributed by atoms with Crippen molar-refractivity contribution < 1.29 is 275 Å². The maximum Gasteiger partial charge on any atom is 1.00 e. The first-order valence-electron chi connectivity index (χ1n) is 38.1. The summed E-state index contributed by atoms with van der Waals surface area (Å²) in [4.78, 5) is 94.1. The number of carboxylic acids is 1. The van der Waals surface area contributed by atoms with E-state index in [1.165, 1.54) is 59.0 Å². The number of carbonyl (C=O) groups excluding carboxylic acids is 3. The Hall–Kier alpha value is -11.1. The number of hydrogen-bond acceptors (Lipinski definition) is 24. The number of halogens is 13. The van der Waals surface area contributed by atoms with E-state index in [0.29, 0.717) is 58.1 Å². The maximum absolute atomic E-state index is 13.6. The molecule has 30 nitrogen and oxygen atoms in total. The van der Waals surface area contributed by atoms with Crippen molar-refractivity contribution in [1.82, 2.24) is 69.8 Å². The number of aromatic nitrogens is 14. The molecule has 692 valence electrons. The molecule has 7 aromatic heterocycles. The van der Waals surface area contributed by atoms with Gasteiger partial charge >= 0.3 is 167 Å². The minimum atomic E-state index is -1.56. The quantitative estimate of drug-likeness (QED) is 0.00889. The number of rotatable bonds is 19. The van der Waals surface area contributed by atoms with Crippen LogP contribution in [-0.4, -0.2) is 108 Å². The molecule has 0 fully saturated rings. The van der Waals surface area contributed by atoms with Gasteiger partial charge in [0.15, 0.2) is 75.6 Å². The van der Waals surface area contributed by atoms with Crippen LogP contribution in [0.15, 0.2) is 247 Å². The predicted molar refractivity (Wildman–Crippen MR) is 456 cm³/mol. The Morgan fingerprint density at radius 3 is 1.11 bits per heavy atom. The van der Waals surface area contributed by atoms with E-state index in [9.17, 15) is 76.7 Å². The number of nitrogens with one attached hydrogen (secondary N) is 1. The van der Waals surface area contributed by atoms with Crippen LogP contribution >= 0.6 is 15.9 Å². The van der Waals surface area contributed by atoms with Gasteiger partial charge in [-0.15, -0.1) is 0 Å². The molecule has 0 radical (unpaired) electrons. The van der Waals surface area contributed by atoms with Crippen molar-refractivity contribution >= 4 is 40.5 Å². The van der Waals surface area contributed by atoms with Crippen LogP contribution in [0.1, 0.15) is 67.4 Å². The number of aryl methyl sites for hydroxylation is 3. The van der Waals surface area contributed by atoms with Gasteiger partial charge in [-0.1, -0.05) is 93.0 Å². The summed E-state index contributed by atoms with van der Waals surface area (Å²) < 4.78 is 177. The third-order valence-corrected chi connectivity index (χ3v) is 17.5. The van der Waals surface area contributed by atoms with Crippen molar-refractivity contribution in [3.63, 3.8) is 0 Å². The normalized spacial score (nSPS) is 10.1. The van der Waals surface area contributed by atoms with E-state index >= 15 is 0 Å². The van der Waals surface area contributed by atoms with Gasteiger partial charge in [0.2, 0.25) is 23.4 Å². The minimum Gasteiger partial charge on any atom is -1.00 e. The van der Waals surface area contributed by atoms with Crippen molar-refractivity contribution in [3.05, 3.63) is 375 Å². The smallest absolute Gasteiger partial charge is 1.00 e. The molecule has 0 saturated heterocycles. The van der Waals surface area contributed by atoms with Crippen LogP contribution in [0.3, 0.4) is 0 Å². The van der Waals surface area contributed by atoms with Gasteiger partial charge in [-0.3, -0.25) is 39.9 Å². The van der Waals surface area contributed by atoms with Gasteiger partial charge in [0.1, 0.15) is 6.29 Å². The van der Waals surface area contributed by atoms with Crippen LogP contribution in [0.25, 0.3) is 79.2 Å². The summed E-state index contributed by atoms with van der Waals surface area (Å²) in [5, 5.41) is 57.8. The SMILES string of the molecule is CC(=O)[O-].CCO/C=C(/C)C=O.C[O-].Cc1cnc(-c2cccc(Cn3nc(-c4cc(F)c(F)c(F)c4)ccc3=O)c2)nc1.Cc1nc(-c2cccc(CBr)c2)no1.Cc1nc(-c2cccc(Cn3nc(-c4cc(F)c(F)c(F)c4)ccc3=O)c2)no1.NC(=[NH2+])c1cccc(Cn2nc(-c3cc(F)c(F)c(F)c3)ccc2=O)c1.O=CO[O-].O=c1ccc(-c2cc(F)c(F)c(F)c2)n[nH]1.[Cs+].[Cs+].[H-].[Na+]. The third kappa shape index (κ3) is 36.8. The molecule has 7 heterocycles. The largest absolute Gasteiger partial charge is 1.00 e. The number of alkyl halides is 1. The van der Waals surface area contributed by atoms with E-state index in [1.807, 2.05) is 62.4 Å². The summed E-state index contributed by atoms with van der Waals surface area (Å²) in [5.74, 6) is -15.1. The van der Waals surface area contributed by atoms with Crippen molar-refractivity contribution in [2.75, 3.05) is 13.7 Å². The van der Waals surface area contributed by atoms with Crippen LogP contribution in [-0.2, 0) is 49.0 Å². The first kappa shape index (κ1) is 117. The molecule has 5 N–H and O–H groups in total. The van der Waals surface area contributed by atoms with Gasteiger partial charge in [0.25, 0.3) is 34.5 Å². The van der Waals surface area contributed by atoms with E-state index in [4.69, 9.17) is 50.0 Å². The molecule has 0 aliphatic heterocycles. The molecule has 0 atom stereocenters. The Balaban J connectivity index is 0.000000426. The number of carboxylic acid groups (broad SMARTS) is 1. The number of nitrogens with two attached hydrogens (primary N) is 2. The molecular weight excluding hydrogens is 2130 g/mol. The van der Waals surface area contributed by atoms with E-state index in [0.717, 1.165) is 117 Å². The van der Waals surface area contributed by atoms with Crippen molar-refractivity contribution in [2.45, 2.75) is 66.5 Å². The molecular formula is C90H74BrCs2F12N16NaO14. The van der Waals surface area contributed by atoms with E-state index < -0.39 is 98.0 Å². The number of H-pyrrole nitrogens is 1. The topological polar surface area (TPSA) is 444 Å². The predicted octanol–water partition coefficient (Wildman–Crippen LogP) is 1.93. The summed E-state index contributed by atoms with van der Waals surface area (Å²) in [5.41, 5.74) is 12.6. The van der Waals surface area contributed by atoms with Gasteiger partial charge < -0.3 is 40.4 Å². The summed E-state index contributed by atoms with van der Waals surface area (Å²) in [6, 6.07) is 46.1. The molecule has 0 spiro atoms. The van der Waals surface area contributed by atoms with Crippen LogP contribution in [0, 0.1) is 90.6 Å². The molecule has 0 aliphatic rings. The van der Waals surface area contributed by atoms with Gasteiger partial charge in [0, 0.05) is 106 Å². The number of aldehydes is 1. The molecule has 0 bridgehead atoms. The number of nitrogens with zero attached hydrogens (tertiary/aromatic N) is 13. The van der Waals surface area contributed by atoms with Gasteiger partial charge in [-0.05, 0) is 159 Å². The monoisotopic (exact) mass is 2200 g/mol.